The molecule has 0 aromatic rings. The molecule has 0 aromatic carbocycles. The van der Waals surface area contributed by atoms with E-state index in [0.717, 1.165) is 25.2 Å². The maximum atomic E-state index is 3.58. The number of rotatable bonds is 7. The molecule has 0 aromatic heterocycles. The molecule has 2 aliphatic rings. The van der Waals surface area contributed by atoms with Gasteiger partial charge in [0.2, 0.25) is 0 Å². The standard InChI is InChI=1S/C17H35N3/c1-5-10-17(3,13-18-6-2)14-20-11-9-15-7-8-16(12-20)19(15)4/h15-16,18H,5-14H2,1-4H3. The first kappa shape index (κ1) is 16.3. The van der Waals surface area contributed by atoms with Crippen molar-refractivity contribution in [2.45, 2.75) is 65.0 Å². The molecule has 2 heterocycles. The van der Waals surface area contributed by atoms with Gasteiger partial charge in [0.1, 0.15) is 0 Å². The van der Waals surface area contributed by atoms with Crippen LogP contribution in [0.1, 0.15) is 52.9 Å². The van der Waals surface area contributed by atoms with Crippen molar-refractivity contribution in [2.24, 2.45) is 5.41 Å². The minimum absolute atomic E-state index is 0.437. The van der Waals surface area contributed by atoms with Crippen LogP contribution in [0.4, 0.5) is 0 Å². The van der Waals surface area contributed by atoms with E-state index in [4.69, 9.17) is 0 Å². The highest BCUT2D eigenvalue weighted by Gasteiger charge is 2.36. The molecule has 3 atom stereocenters. The fourth-order valence-electron chi connectivity index (χ4n) is 4.32. The van der Waals surface area contributed by atoms with E-state index in [-0.39, 0.29) is 0 Å². The Labute approximate surface area is 126 Å². The molecule has 2 aliphatic heterocycles. The lowest BCUT2D eigenvalue weighted by molar-refractivity contribution is 0.138. The van der Waals surface area contributed by atoms with Crippen LogP contribution in [-0.2, 0) is 0 Å². The number of hydrogen-bond acceptors (Lipinski definition) is 3. The van der Waals surface area contributed by atoms with Gasteiger partial charge in [-0.1, -0.05) is 27.2 Å². The smallest absolute Gasteiger partial charge is 0.0223 e. The lowest BCUT2D eigenvalue weighted by Crippen LogP contribution is -2.45. The lowest BCUT2D eigenvalue weighted by Gasteiger charge is -2.36. The van der Waals surface area contributed by atoms with E-state index in [1.807, 2.05) is 0 Å². The van der Waals surface area contributed by atoms with E-state index < -0.39 is 0 Å². The Morgan fingerprint density at radius 2 is 1.90 bits per heavy atom. The molecule has 3 unspecified atom stereocenters. The maximum Gasteiger partial charge on any atom is 0.0223 e. The Morgan fingerprint density at radius 3 is 2.60 bits per heavy atom. The number of likely N-dealkylation sites (N-methyl/N-ethyl adjacent to an activating group) is 1. The summed E-state index contributed by atoms with van der Waals surface area (Å²) in [5, 5.41) is 3.58. The number of fused-ring (bicyclic) bond motifs is 2. The Kier molecular flexibility index (Phi) is 5.88. The van der Waals surface area contributed by atoms with E-state index in [1.54, 1.807) is 0 Å². The van der Waals surface area contributed by atoms with Crippen molar-refractivity contribution in [3.63, 3.8) is 0 Å². The molecule has 3 heteroatoms. The molecule has 2 bridgehead atoms. The number of nitrogens with one attached hydrogen (secondary N) is 1. The molecule has 2 fully saturated rings. The predicted octanol–water partition coefficient (Wildman–Crippen LogP) is 2.57. The normalized spacial score (nSPS) is 31.2. The van der Waals surface area contributed by atoms with Crippen LogP contribution in [0.3, 0.4) is 0 Å². The third-order valence-corrected chi connectivity index (χ3v) is 5.49. The van der Waals surface area contributed by atoms with Gasteiger partial charge in [0, 0.05) is 31.7 Å². The van der Waals surface area contributed by atoms with Crippen LogP contribution in [0, 0.1) is 5.41 Å². The molecule has 0 saturated carbocycles. The Morgan fingerprint density at radius 1 is 1.15 bits per heavy atom. The summed E-state index contributed by atoms with van der Waals surface area (Å²) in [4.78, 5) is 5.41. The number of likely N-dealkylation sites (tertiary alicyclic amines) is 1. The van der Waals surface area contributed by atoms with E-state index in [1.165, 1.54) is 51.7 Å². The topological polar surface area (TPSA) is 18.5 Å². The highest BCUT2D eigenvalue weighted by Crippen LogP contribution is 2.31. The molecule has 0 radical (unpaired) electrons. The largest absolute Gasteiger partial charge is 0.316 e. The van der Waals surface area contributed by atoms with Crippen LogP contribution in [0.2, 0.25) is 0 Å². The van der Waals surface area contributed by atoms with Gasteiger partial charge in [-0.15, -0.1) is 0 Å². The first-order valence-electron chi connectivity index (χ1n) is 8.73. The average molecular weight is 281 g/mol. The van der Waals surface area contributed by atoms with Gasteiger partial charge >= 0.3 is 0 Å². The van der Waals surface area contributed by atoms with E-state index in [9.17, 15) is 0 Å². The molecule has 2 saturated heterocycles. The first-order chi connectivity index (χ1) is 9.58. The SMILES string of the molecule is CCCC(C)(CNCC)CN1CCC2CCC(C1)N2C. The summed E-state index contributed by atoms with van der Waals surface area (Å²) >= 11 is 0. The second-order valence-corrected chi connectivity index (χ2v) is 7.42. The van der Waals surface area contributed by atoms with Gasteiger partial charge in [0.05, 0.1) is 0 Å². The third kappa shape index (κ3) is 3.96. The summed E-state index contributed by atoms with van der Waals surface area (Å²) < 4.78 is 0. The van der Waals surface area contributed by atoms with Crippen molar-refractivity contribution in [1.29, 1.82) is 0 Å². The second-order valence-electron chi connectivity index (χ2n) is 7.42. The van der Waals surface area contributed by atoms with Crippen LogP contribution >= 0.6 is 0 Å². The van der Waals surface area contributed by atoms with Gasteiger partial charge in [-0.05, 0) is 51.2 Å². The minimum Gasteiger partial charge on any atom is -0.316 e. The third-order valence-electron chi connectivity index (χ3n) is 5.49. The van der Waals surface area contributed by atoms with E-state index >= 15 is 0 Å². The fraction of sp³-hybridized carbons (Fsp3) is 1.00. The molecule has 0 aliphatic carbocycles. The van der Waals surface area contributed by atoms with Crippen molar-refractivity contribution in [2.75, 3.05) is 39.8 Å². The molecular weight excluding hydrogens is 246 g/mol. The van der Waals surface area contributed by atoms with Crippen molar-refractivity contribution in [3.05, 3.63) is 0 Å². The zero-order chi connectivity index (χ0) is 14.6. The predicted molar refractivity (Wildman–Crippen MR) is 87.2 cm³/mol. The average Bonchev–Trinajstić information content (AvgIpc) is 2.65. The van der Waals surface area contributed by atoms with Crippen molar-refractivity contribution in [3.8, 4) is 0 Å². The maximum absolute atomic E-state index is 3.58. The zero-order valence-corrected chi connectivity index (χ0v) is 14.1. The van der Waals surface area contributed by atoms with Gasteiger partial charge in [-0.2, -0.15) is 0 Å². The fourth-order valence-corrected chi connectivity index (χ4v) is 4.32. The van der Waals surface area contributed by atoms with Crippen molar-refractivity contribution >= 4 is 0 Å². The highest BCUT2D eigenvalue weighted by atomic mass is 15.3. The molecule has 3 nitrogen and oxygen atoms in total. The van der Waals surface area contributed by atoms with Gasteiger partial charge in [0.15, 0.2) is 0 Å². The Hall–Kier alpha value is -0.120. The quantitative estimate of drug-likeness (QED) is 0.774. The molecule has 0 amide bonds. The summed E-state index contributed by atoms with van der Waals surface area (Å²) in [6.45, 7) is 13.1. The monoisotopic (exact) mass is 281 g/mol. The summed E-state index contributed by atoms with van der Waals surface area (Å²) in [5.41, 5.74) is 0.437. The van der Waals surface area contributed by atoms with E-state index in [2.05, 4.69) is 42.9 Å². The van der Waals surface area contributed by atoms with Crippen LogP contribution in [0.15, 0.2) is 0 Å². The molecule has 2 rings (SSSR count). The first-order valence-corrected chi connectivity index (χ1v) is 8.73. The summed E-state index contributed by atoms with van der Waals surface area (Å²) in [7, 11) is 2.34. The minimum atomic E-state index is 0.437. The van der Waals surface area contributed by atoms with Crippen LogP contribution < -0.4 is 5.32 Å². The van der Waals surface area contributed by atoms with Gasteiger partial charge in [-0.25, -0.2) is 0 Å². The van der Waals surface area contributed by atoms with Crippen LogP contribution in [0.5, 0.6) is 0 Å². The molecule has 118 valence electrons. The number of nitrogens with zero attached hydrogens (tertiary/aromatic N) is 2. The Bertz CT molecular complexity index is 294. The molecule has 0 spiro atoms. The summed E-state index contributed by atoms with van der Waals surface area (Å²) in [6.07, 6.45) is 6.84. The molecule has 1 N–H and O–H groups in total. The second kappa shape index (κ2) is 7.24. The Balaban J connectivity index is 1.92. The van der Waals surface area contributed by atoms with Crippen LogP contribution in [0.25, 0.3) is 0 Å². The molecular formula is C17H35N3. The van der Waals surface area contributed by atoms with Crippen LogP contribution in [-0.4, -0.2) is 61.7 Å². The van der Waals surface area contributed by atoms with Gasteiger partial charge in [0.25, 0.3) is 0 Å². The zero-order valence-electron chi connectivity index (χ0n) is 14.1. The highest BCUT2D eigenvalue weighted by molar-refractivity contribution is 4.92. The van der Waals surface area contributed by atoms with Gasteiger partial charge < -0.3 is 10.2 Å². The van der Waals surface area contributed by atoms with E-state index in [0.29, 0.717) is 5.41 Å². The van der Waals surface area contributed by atoms with Crippen molar-refractivity contribution < 1.29 is 0 Å². The van der Waals surface area contributed by atoms with Crippen molar-refractivity contribution in [1.82, 2.24) is 15.1 Å². The van der Waals surface area contributed by atoms with Gasteiger partial charge in [-0.3, -0.25) is 4.90 Å². The summed E-state index contributed by atoms with van der Waals surface area (Å²) in [5.74, 6) is 0. The molecule has 20 heavy (non-hydrogen) atoms. The number of hydrogen-bond donors (Lipinski definition) is 1. The summed E-state index contributed by atoms with van der Waals surface area (Å²) in [6, 6.07) is 1.67. The lowest BCUT2D eigenvalue weighted by atomic mass is 9.84.